The molecule has 2 amide bonds. The van der Waals surface area contributed by atoms with E-state index in [4.69, 9.17) is 0 Å². The summed E-state index contributed by atoms with van der Waals surface area (Å²) < 4.78 is 27.1. The Bertz CT molecular complexity index is 742. The maximum Gasteiger partial charge on any atom is 0.226 e. The number of anilines is 2. The van der Waals surface area contributed by atoms with E-state index in [1.807, 2.05) is 25.1 Å². The molecule has 0 unspecified atom stereocenters. The van der Waals surface area contributed by atoms with Gasteiger partial charge in [-0.2, -0.15) is 0 Å². The monoisotopic (exact) mass is 332 g/mol. The Morgan fingerprint density at radius 1 is 1.08 bits per heavy atom. The van der Waals surface area contributed by atoms with Gasteiger partial charge in [0.25, 0.3) is 0 Å². The molecule has 24 heavy (non-hydrogen) atoms. The Morgan fingerprint density at radius 3 is 2.29 bits per heavy atom. The zero-order chi connectivity index (χ0) is 17.7. The third-order valence-electron chi connectivity index (χ3n) is 3.48. The molecule has 0 aliphatic carbocycles. The Labute approximate surface area is 139 Å². The molecule has 126 valence electrons. The summed E-state index contributed by atoms with van der Waals surface area (Å²) in [5, 5.41) is 2.21. The van der Waals surface area contributed by atoms with E-state index in [0.717, 1.165) is 17.7 Å². The highest BCUT2D eigenvalue weighted by Gasteiger charge is 2.16. The van der Waals surface area contributed by atoms with E-state index in [1.165, 1.54) is 17.9 Å². The second-order valence-corrected chi connectivity index (χ2v) is 5.40. The van der Waals surface area contributed by atoms with Gasteiger partial charge in [-0.15, -0.1) is 0 Å². The van der Waals surface area contributed by atoms with Crippen LogP contribution in [-0.2, 0) is 9.59 Å². The van der Waals surface area contributed by atoms with E-state index in [9.17, 15) is 18.4 Å². The standard InChI is InChI=1S/C18H18F2N2O2/c1-12-5-3-6-14(11-12)22(13(2)23)10-9-17(24)21-18-15(19)7-4-8-16(18)20/h3-8,11H,9-10H2,1-2H3,(H,21,24). The molecular weight excluding hydrogens is 314 g/mol. The van der Waals surface area contributed by atoms with Gasteiger partial charge < -0.3 is 10.2 Å². The lowest BCUT2D eigenvalue weighted by molar-refractivity contribution is -0.117. The fourth-order valence-electron chi connectivity index (χ4n) is 2.30. The van der Waals surface area contributed by atoms with Crippen LogP contribution in [0.1, 0.15) is 18.9 Å². The SMILES string of the molecule is CC(=O)N(CCC(=O)Nc1c(F)cccc1F)c1cccc(C)c1. The van der Waals surface area contributed by atoms with Gasteiger partial charge in [-0.25, -0.2) is 8.78 Å². The summed E-state index contributed by atoms with van der Waals surface area (Å²) in [5.41, 5.74) is 1.18. The molecule has 0 spiro atoms. The van der Waals surface area contributed by atoms with Crippen LogP contribution in [0.5, 0.6) is 0 Å². The van der Waals surface area contributed by atoms with Crippen LogP contribution in [0.4, 0.5) is 20.2 Å². The molecule has 0 aromatic heterocycles. The van der Waals surface area contributed by atoms with Crippen LogP contribution >= 0.6 is 0 Å². The summed E-state index contributed by atoms with van der Waals surface area (Å²) >= 11 is 0. The third kappa shape index (κ3) is 4.38. The minimum atomic E-state index is -0.842. The molecule has 1 N–H and O–H groups in total. The van der Waals surface area contributed by atoms with Crippen molar-refractivity contribution in [2.24, 2.45) is 0 Å². The van der Waals surface area contributed by atoms with Crippen molar-refractivity contribution >= 4 is 23.2 Å². The maximum absolute atomic E-state index is 13.5. The topological polar surface area (TPSA) is 49.4 Å². The first-order chi connectivity index (χ1) is 11.4. The van der Waals surface area contributed by atoms with Crippen molar-refractivity contribution in [1.29, 1.82) is 0 Å². The Hall–Kier alpha value is -2.76. The van der Waals surface area contributed by atoms with Gasteiger partial charge in [-0.05, 0) is 36.8 Å². The number of halogens is 2. The second-order valence-electron chi connectivity index (χ2n) is 5.40. The number of nitrogens with zero attached hydrogens (tertiary/aromatic N) is 1. The molecule has 6 heteroatoms. The van der Waals surface area contributed by atoms with Crippen molar-refractivity contribution in [3.63, 3.8) is 0 Å². The Balaban J connectivity index is 2.04. The highest BCUT2D eigenvalue weighted by atomic mass is 19.1. The van der Waals surface area contributed by atoms with Crippen molar-refractivity contribution in [3.05, 3.63) is 59.7 Å². The normalized spacial score (nSPS) is 10.3. The molecule has 2 rings (SSSR count). The lowest BCUT2D eigenvalue weighted by Gasteiger charge is -2.21. The number of hydrogen-bond donors (Lipinski definition) is 1. The molecule has 0 saturated carbocycles. The third-order valence-corrected chi connectivity index (χ3v) is 3.48. The molecule has 0 bridgehead atoms. The van der Waals surface area contributed by atoms with Gasteiger partial charge in [0.1, 0.15) is 17.3 Å². The van der Waals surface area contributed by atoms with Gasteiger partial charge in [-0.3, -0.25) is 9.59 Å². The summed E-state index contributed by atoms with van der Waals surface area (Å²) in [5.74, 6) is -2.47. The molecular formula is C18H18F2N2O2. The van der Waals surface area contributed by atoms with Gasteiger partial charge >= 0.3 is 0 Å². The van der Waals surface area contributed by atoms with Crippen molar-refractivity contribution in [1.82, 2.24) is 0 Å². The van der Waals surface area contributed by atoms with E-state index in [1.54, 1.807) is 6.07 Å². The van der Waals surface area contributed by atoms with Crippen molar-refractivity contribution in [3.8, 4) is 0 Å². The van der Waals surface area contributed by atoms with Crippen molar-refractivity contribution in [2.75, 3.05) is 16.8 Å². The predicted octanol–water partition coefficient (Wildman–Crippen LogP) is 3.65. The molecule has 0 aliphatic heterocycles. The van der Waals surface area contributed by atoms with E-state index in [0.29, 0.717) is 5.69 Å². The van der Waals surface area contributed by atoms with E-state index >= 15 is 0 Å². The van der Waals surface area contributed by atoms with Crippen LogP contribution in [0.2, 0.25) is 0 Å². The fraction of sp³-hybridized carbons (Fsp3) is 0.222. The van der Waals surface area contributed by atoms with Crippen LogP contribution in [0.15, 0.2) is 42.5 Å². The van der Waals surface area contributed by atoms with Crippen LogP contribution in [-0.4, -0.2) is 18.4 Å². The fourth-order valence-corrected chi connectivity index (χ4v) is 2.30. The Kier molecular flexibility index (Phi) is 5.63. The molecule has 4 nitrogen and oxygen atoms in total. The molecule has 0 aliphatic rings. The van der Waals surface area contributed by atoms with Gasteiger partial charge in [0, 0.05) is 25.6 Å². The quantitative estimate of drug-likeness (QED) is 0.908. The minimum absolute atomic E-state index is 0.0820. The maximum atomic E-state index is 13.5. The molecule has 0 heterocycles. The first kappa shape index (κ1) is 17.6. The molecule has 2 aromatic rings. The van der Waals surface area contributed by atoms with Crippen molar-refractivity contribution in [2.45, 2.75) is 20.3 Å². The number of hydrogen-bond acceptors (Lipinski definition) is 2. The summed E-state index contributed by atoms with van der Waals surface area (Å²) in [6.45, 7) is 3.41. The molecule has 0 radical (unpaired) electrons. The molecule has 0 saturated heterocycles. The van der Waals surface area contributed by atoms with Crippen molar-refractivity contribution < 1.29 is 18.4 Å². The van der Waals surface area contributed by atoms with E-state index < -0.39 is 23.2 Å². The molecule has 2 aromatic carbocycles. The number of benzene rings is 2. The first-order valence-corrected chi connectivity index (χ1v) is 7.47. The van der Waals surface area contributed by atoms with Gasteiger partial charge in [0.15, 0.2) is 0 Å². The van der Waals surface area contributed by atoms with Gasteiger partial charge in [0.2, 0.25) is 11.8 Å². The zero-order valence-electron chi connectivity index (χ0n) is 13.5. The average Bonchev–Trinajstić information content (AvgIpc) is 2.51. The number of amides is 2. The van der Waals surface area contributed by atoms with Crippen LogP contribution in [0.3, 0.4) is 0 Å². The zero-order valence-corrected chi connectivity index (χ0v) is 13.5. The highest BCUT2D eigenvalue weighted by Crippen LogP contribution is 2.19. The van der Waals surface area contributed by atoms with Gasteiger partial charge in [-0.1, -0.05) is 18.2 Å². The highest BCUT2D eigenvalue weighted by molar-refractivity contribution is 5.94. The summed E-state index contributed by atoms with van der Waals surface area (Å²) in [6.07, 6.45) is -0.0820. The Morgan fingerprint density at radius 2 is 1.71 bits per heavy atom. The van der Waals surface area contributed by atoms with Gasteiger partial charge in [0.05, 0.1) is 0 Å². The van der Waals surface area contributed by atoms with Crippen LogP contribution in [0, 0.1) is 18.6 Å². The van der Waals surface area contributed by atoms with E-state index in [2.05, 4.69) is 5.32 Å². The lowest BCUT2D eigenvalue weighted by atomic mass is 10.2. The van der Waals surface area contributed by atoms with Crippen LogP contribution < -0.4 is 10.2 Å². The lowest BCUT2D eigenvalue weighted by Crippen LogP contribution is -2.32. The number of carbonyl (C=O) groups is 2. The largest absolute Gasteiger partial charge is 0.321 e. The minimum Gasteiger partial charge on any atom is -0.321 e. The summed E-state index contributed by atoms with van der Waals surface area (Å²) in [7, 11) is 0. The number of carbonyl (C=O) groups excluding carboxylic acids is 2. The number of nitrogens with one attached hydrogen (secondary N) is 1. The summed E-state index contributed by atoms with van der Waals surface area (Å²) in [6, 6.07) is 10.7. The number of aryl methyl sites for hydroxylation is 1. The van der Waals surface area contributed by atoms with Crippen LogP contribution in [0.25, 0.3) is 0 Å². The second kappa shape index (κ2) is 7.68. The smallest absolute Gasteiger partial charge is 0.226 e. The number of rotatable bonds is 5. The number of para-hydroxylation sites is 1. The molecule has 0 fully saturated rings. The molecule has 0 atom stereocenters. The first-order valence-electron chi connectivity index (χ1n) is 7.47. The predicted molar refractivity (Wildman–Crippen MR) is 88.8 cm³/mol. The summed E-state index contributed by atoms with van der Waals surface area (Å²) in [4.78, 5) is 25.2. The van der Waals surface area contributed by atoms with E-state index in [-0.39, 0.29) is 18.9 Å². The average molecular weight is 332 g/mol.